The third kappa shape index (κ3) is 69.2. The Morgan fingerprint density at radius 2 is 0.322 bits per heavy atom. The van der Waals surface area contributed by atoms with Gasteiger partial charge in [-0.1, -0.05) is 76.8 Å². The Hall–Kier alpha value is -1.94. The van der Waals surface area contributed by atoms with Gasteiger partial charge in [-0.25, -0.2) is 0 Å². The third-order valence-corrected chi connectivity index (χ3v) is 18.4. The third-order valence-electron chi connectivity index (χ3n) is 18.4. The van der Waals surface area contributed by atoms with Gasteiger partial charge in [0.05, 0.1) is 298 Å². The van der Waals surface area contributed by atoms with Crippen molar-refractivity contribution in [2.75, 3.05) is 159 Å². The number of unbranched alkanes of at least 4 members (excludes halogenated alkanes) is 9. The van der Waals surface area contributed by atoms with E-state index in [1.165, 1.54) is 69.8 Å². The van der Waals surface area contributed by atoms with Gasteiger partial charge in [0.1, 0.15) is 12.4 Å². The van der Waals surface area contributed by atoms with E-state index in [-0.39, 0.29) is 147 Å². The highest BCUT2D eigenvalue weighted by atomic mass is 16.6. The van der Waals surface area contributed by atoms with Gasteiger partial charge in [0.15, 0.2) is 0 Å². The van der Waals surface area contributed by atoms with Crippen LogP contribution in [0.4, 0.5) is 0 Å². The van der Waals surface area contributed by atoms with E-state index in [4.69, 9.17) is 114 Å². The highest BCUT2D eigenvalue weighted by Crippen LogP contribution is 2.19. The van der Waals surface area contributed by atoms with E-state index in [0.29, 0.717) is 152 Å². The van der Waals surface area contributed by atoms with Crippen LogP contribution in [0.1, 0.15) is 243 Å². The first-order valence-electron chi connectivity index (χ1n) is 44.3. The molecular formula is C90H174O25. The van der Waals surface area contributed by atoms with Crippen LogP contribution in [0.3, 0.4) is 0 Å². The lowest BCUT2D eigenvalue weighted by atomic mass is 10.0. The van der Waals surface area contributed by atoms with Crippen LogP contribution in [-0.4, -0.2) is 310 Å². The zero-order valence-corrected chi connectivity index (χ0v) is 77.2. The van der Waals surface area contributed by atoms with Crippen molar-refractivity contribution in [3.63, 3.8) is 0 Å². The van der Waals surface area contributed by atoms with Gasteiger partial charge in [-0.05, 0) is 197 Å². The van der Waals surface area contributed by atoms with Crippen LogP contribution in [0.2, 0.25) is 0 Å². The summed E-state index contributed by atoms with van der Waals surface area (Å²) in [4.78, 5) is 0. The molecular weight excluding hydrogens is 1480 g/mol. The first-order chi connectivity index (χ1) is 54.8. The summed E-state index contributed by atoms with van der Waals surface area (Å²) in [6.45, 7) is 60.0. The molecule has 0 saturated heterocycles. The molecule has 24 unspecified atom stereocenters. The van der Waals surface area contributed by atoms with Gasteiger partial charge in [-0.15, -0.1) is 0 Å². The van der Waals surface area contributed by atoms with E-state index in [1.807, 2.05) is 159 Å². The summed E-state index contributed by atoms with van der Waals surface area (Å²) < 4.78 is 144. The Morgan fingerprint density at radius 3 is 0.478 bits per heavy atom. The molecule has 25 heteroatoms. The summed E-state index contributed by atoms with van der Waals surface area (Å²) in [5.41, 5.74) is 1.37. The molecule has 115 heavy (non-hydrogen) atoms. The maximum atomic E-state index is 9.39. The Balaban J connectivity index is 2.07. The fourth-order valence-corrected chi connectivity index (χ4v) is 10.8. The predicted octanol–water partition coefficient (Wildman–Crippen LogP) is 15.2. The number of aliphatic hydroxyl groups is 1. The second-order valence-corrected chi connectivity index (χ2v) is 33.0. The summed E-state index contributed by atoms with van der Waals surface area (Å²) in [5.74, 6) is 0.874. The molecule has 684 valence electrons. The molecule has 0 aliphatic heterocycles. The highest BCUT2D eigenvalue weighted by Gasteiger charge is 2.22. The minimum absolute atomic E-state index is 0.0638. The minimum Gasteiger partial charge on any atom is -0.491 e. The van der Waals surface area contributed by atoms with Crippen LogP contribution < -0.4 is 4.74 Å². The molecule has 0 aliphatic carbocycles. The average molecular weight is 1660 g/mol. The molecule has 0 heterocycles. The molecule has 0 fully saturated rings. The van der Waals surface area contributed by atoms with Gasteiger partial charge < -0.3 is 119 Å². The van der Waals surface area contributed by atoms with Crippen molar-refractivity contribution >= 4 is 0 Å². The molecule has 25 nitrogen and oxygen atoms in total. The van der Waals surface area contributed by atoms with E-state index < -0.39 is 6.10 Å². The molecule has 0 aromatic heterocycles. The van der Waals surface area contributed by atoms with Crippen LogP contribution in [-0.2, 0) is 115 Å². The lowest BCUT2D eigenvalue weighted by Gasteiger charge is -2.24. The predicted molar refractivity (Wildman–Crippen MR) is 454 cm³/mol. The topological polar surface area (TPSA) is 242 Å². The Morgan fingerprint density at radius 1 is 0.183 bits per heavy atom. The van der Waals surface area contributed by atoms with Crippen molar-refractivity contribution in [3.05, 3.63) is 29.8 Å². The van der Waals surface area contributed by atoms with Gasteiger partial charge in [0, 0.05) is 0 Å². The van der Waals surface area contributed by atoms with Crippen LogP contribution >= 0.6 is 0 Å². The zero-order chi connectivity index (χ0) is 85.6. The summed E-state index contributed by atoms with van der Waals surface area (Å²) in [6, 6.07) is 8.54. The van der Waals surface area contributed by atoms with Gasteiger partial charge in [0.25, 0.3) is 0 Å². The maximum absolute atomic E-state index is 9.39. The van der Waals surface area contributed by atoms with E-state index >= 15 is 0 Å². The molecule has 0 bridgehead atoms. The number of ether oxygens (including phenoxy) is 24. The summed E-state index contributed by atoms with van der Waals surface area (Å²) in [6.07, 6.45) is 11.6. The SMILES string of the molecule is CCCCCCCCCCCCc1ccc(OCC(C)OCC(C)OCC(C)OCC(C)OCC(C)OCC(C)OCC(C)OCC(C)OCC(C)OCC(C)OCC(C)OCC(C)OCC(C)OCC(C)OCC(C)OCC(C)OCC(C)OCC(C)OCC(C)OCC(C)OCC(C)OCC(C)OCC(C)OCC(C)O)cc1. The maximum Gasteiger partial charge on any atom is 0.119 e. The second kappa shape index (κ2) is 71.5. The molecule has 0 aliphatic rings. The molecule has 1 N–H and O–H groups in total. The van der Waals surface area contributed by atoms with Gasteiger partial charge in [-0.2, -0.15) is 0 Å². The largest absolute Gasteiger partial charge is 0.491 e. The van der Waals surface area contributed by atoms with Crippen LogP contribution in [0.25, 0.3) is 0 Å². The quantitative estimate of drug-likeness (QED) is 0.0596. The summed E-state index contributed by atoms with van der Waals surface area (Å²) in [7, 11) is 0. The number of hydrogen-bond acceptors (Lipinski definition) is 25. The Labute approximate surface area is 700 Å². The average Bonchev–Trinajstić information content (AvgIpc) is 0.911. The second-order valence-electron chi connectivity index (χ2n) is 33.0. The van der Waals surface area contributed by atoms with Gasteiger partial charge in [-0.3, -0.25) is 0 Å². The molecule has 0 amide bonds. The van der Waals surface area contributed by atoms with Crippen molar-refractivity contribution in [2.45, 2.75) is 390 Å². The van der Waals surface area contributed by atoms with Gasteiger partial charge >= 0.3 is 0 Å². The highest BCUT2D eigenvalue weighted by molar-refractivity contribution is 5.27. The first-order valence-corrected chi connectivity index (χ1v) is 44.3. The number of aryl methyl sites for hydroxylation is 1. The standard InChI is InChI=1S/C90H174O25/c1-26-27-28-29-30-31-32-33-34-35-36-89-37-39-90(40-38-89)115-64-88(25)114-63-87(24)113-62-86(23)112-61-85(22)111-60-84(21)110-59-83(20)109-58-82(19)108-57-81(18)107-56-80(17)106-55-79(16)105-54-78(15)104-53-77(14)103-52-76(13)102-51-75(12)101-50-74(11)100-49-73(10)99-48-72(9)98-47-71(8)97-46-70(7)96-45-69(6)95-44-68(5)94-43-67(4)93-42-66(3)92-41-65(2)91/h37-40,65-88,91H,26-36,41-64H2,1-25H3. The lowest BCUT2D eigenvalue weighted by Crippen LogP contribution is -2.31. The summed E-state index contributed by atoms with van der Waals surface area (Å²) in [5, 5.41) is 9.39. The van der Waals surface area contributed by atoms with E-state index in [0.717, 1.165) is 12.2 Å². The fraction of sp³-hybridized carbons (Fsp3) is 0.933. The van der Waals surface area contributed by atoms with Crippen molar-refractivity contribution in [3.8, 4) is 5.75 Å². The van der Waals surface area contributed by atoms with Crippen molar-refractivity contribution in [1.29, 1.82) is 0 Å². The van der Waals surface area contributed by atoms with Crippen molar-refractivity contribution < 1.29 is 119 Å². The molecule has 24 atom stereocenters. The number of hydrogen-bond donors (Lipinski definition) is 1. The van der Waals surface area contributed by atoms with Crippen LogP contribution in [0.15, 0.2) is 24.3 Å². The molecule has 1 aromatic carbocycles. The molecule has 0 saturated carbocycles. The molecule has 1 aromatic rings. The van der Waals surface area contributed by atoms with E-state index in [9.17, 15) is 5.11 Å². The van der Waals surface area contributed by atoms with Crippen LogP contribution in [0, 0.1) is 0 Å². The van der Waals surface area contributed by atoms with Crippen molar-refractivity contribution in [2.24, 2.45) is 0 Å². The number of benzene rings is 1. The molecule has 1 rings (SSSR count). The fourth-order valence-electron chi connectivity index (χ4n) is 10.8. The lowest BCUT2D eigenvalue weighted by molar-refractivity contribution is -0.117. The van der Waals surface area contributed by atoms with E-state index in [1.54, 1.807) is 6.92 Å². The minimum atomic E-state index is -0.500. The number of rotatable bonds is 83. The smallest absolute Gasteiger partial charge is 0.119 e. The van der Waals surface area contributed by atoms with Crippen molar-refractivity contribution in [1.82, 2.24) is 0 Å². The monoisotopic (exact) mass is 1660 g/mol. The zero-order valence-electron chi connectivity index (χ0n) is 77.2. The molecule has 0 spiro atoms. The summed E-state index contributed by atoms with van der Waals surface area (Å²) >= 11 is 0. The number of aliphatic hydroxyl groups excluding tert-OH is 1. The normalized spacial score (nSPS) is 18.7. The Bertz CT molecular complexity index is 2270. The van der Waals surface area contributed by atoms with E-state index in [2.05, 4.69) is 31.2 Å². The van der Waals surface area contributed by atoms with Crippen LogP contribution in [0.5, 0.6) is 5.75 Å². The van der Waals surface area contributed by atoms with Gasteiger partial charge in [0.2, 0.25) is 0 Å². The molecule has 0 radical (unpaired) electrons. The first kappa shape index (κ1) is 111. The Kier molecular flexibility index (Phi) is 69.0.